The number of fused-ring (bicyclic) bond motifs is 1. The molecule has 0 atom stereocenters. The quantitative estimate of drug-likeness (QED) is 0.666. The molecule has 3 rings (SSSR count). The van der Waals surface area contributed by atoms with Gasteiger partial charge in [0.25, 0.3) is 0 Å². The van der Waals surface area contributed by atoms with E-state index in [1.54, 1.807) is 38.1 Å². The molecule has 0 unspecified atom stereocenters. The first-order valence-electron chi connectivity index (χ1n) is 8.22. The van der Waals surface area contributed by atoms with Crippen molar-refractivity contribution >= 4 is 40.8 Å². The summed E-state index contributed by atoms with van der Waals surface area (Å²) in [6, 6.07) is 12.8. The third-order valence-electron chi connectivity index (χ3n) is 3.71. The van der Waals surface area contributed by atoms with Crippen molar-refractivity contribution in [1.29, 1.82) is 5.26 Å². The highest BCUT2D eigenvalue weighted by Gasteiger charge is 2.19. The van der Waals surface area contributed by atoms with Crippen molar-refractivity contribution in [3.63, 3.8) is 0 Å². The zero-order valence-electron chi connectivity index (χ0n) is 15.2. The zero-order chi connectivity index (χ0) is 18.7. The van der Waals surface area contributed by atoms with Gasteiger partial charge in [0, 0.05) is 23.0 Å². The number of hydrogen-bond donors (Lipinski definition) is 1. The Hall–Kier alpha value is -3.17. The molecule has 6 nitrogen and oxygen atoms in total. The maximum Gasteiger partial charge on any atom is 0.342 e. The van der Waals surface area contributed by atoms with Gasteiger partial charge in [0.1, 0.15) is 5.56 Å². The highest BCUT2D eigenvalue weighted by Crippen LogP contribution is 2.29. The fourth-order valence-electron chi connectivity index (χ4n) is 2.51. The highest BCUT2D eigenvalue weighted by molar-refractivity contribution is 6.05. The van der Waals surface area contributed by atoms with Gasteiger partial charge in [-0.1, -0.05) is 0 Å². The second-order valence-corrected chi connectivity index (χ2v) is 6.14. The van der Waals surface area contributed by atoms with Crippen LogP contribution >= 0.6 is 12.4 Å². The molecule has 0 aliphatic heterocycles. The molecule has 0 saturated heterocycles. The normalized spacial score (nSPS) is 10.2. The number of carbonyl (C=O) groups excluding carboxylic acids is 1. The fraction of sp³-hybridized carbons (Fsp3) is 0.200. The minimum absolute atomic E-state index is 0. The first-order valence-corrected chi connectivity index (χ1v) is 8.22. The van der Waals surface area contributed by atoms with Gasteiger partial charge in [-0.05, 0) is 57.2 Å². The molecule has 0 bridgehead atoms. The Morgan fingerprint density at radius 1 is 1.19 bits per heavy atom. The Kier molecular flexibility index (Phi) is 6.32. The van der Waals surface area contributed by atoms with Gasteiger partial charge in [0.05, 0.1) is 23.4 Å². The number of aromatic nitrogens is 2. The summed E-state index contributed by atoms with van der Waals surface area (Å²) in [4.78, 5) is 21.2. The number of anilines is 2. The molecule has 0 amide bonds. The van der Waals surface area contributed by atoms with E-state index in [1.165, 1.54) is 6.20 Å². The molecule has 0 spiro atoms. The van der Waals surface area contributed by atoms with Crippen LogP contribution in [0.4, 0.5) is 11.4 Å². The topological polar surface area (TPSA) is 87.9 Å². The zero-order valence-corrected chi connectivity index (χ0v) is 16.0. The van der Waals surface area contributed by atoms with Gasteiger partial charge in [-0.2, -0.15) is 5.26 Å². The number of nitrogens with zero attached hydrogens (tertiary/aromatic N) is 3. The average Bonchev–Trinajstić information content (AvgIpc) is 2.61. The number of hydrogen-bond acceptors (Lipinski definition) is 6. The number of carbonyl (C=O) groups is 1. The van der Waals surface area contributed by atoms with E-state index < -0.39 is 5.97 Å². The first-order chi connectivity index (χ1) is 12.5. The number of nitriles is 1. The molecule has 0 aliphatic carbocycles. The summed E-state index contributed by atoms with van der Waals surface area (Å²) >= 11 is 0. The monoisotopic (exact) mass is 382 g/mol. The van der Waals surface area contributed by atoms with Crippen LogP contribution in [0.5, 0.6) is 0 Å². The number of nitrogens with one attached hydrogen (secondary N) is 1. The Bertz CT molecular complexity index is 1010. The third-order valence-corrected chi connectivity index (χ3v) is 3.71. The molecule has 0 saturated carbocycles. The minimum atomic E-state index is -0.453. The molecule has 27 heavy (non-hydrogen) atoms. The summed E-state index contributed by atoms with van der Waals surface area (Å²) in [7, 11) is 0. The lowest BCUT2D eigenvalue weighted by Gasteiger charge is -2.15. The molecule has 2 heterocycles. The predicted octanol–water partition coefficient (Wildman–Crippen LogP) is 4.54. The van der Waals surface area contributed by atoms with Crippen LogP contribution < -0.4 is 5.32 Å². The number of pyridine rings is 2. The van der Waals surface area contributed by atoms with Gasteiger partial charge in [-0.15, -0.1) is 12.4 Å². The second kappa shape index (κ2) is 8.47. The van der Waals surface area contributed by atoms with E-state index in [2.05, 4.69) is 21.4 Å². The van der Waals surface area contributed by atoms with Crippen LogP contribution in [0.1, 0.15) is 35.5 Å². The Balaban J connectivity index is 0.00000261. The van der Waals surface area contributed by atoms with Gasteiger partial charge in [0.2, 0.25) is 0 Å². The van der Waals surface area contributed by atoms with Crippen LogP contribution in [0.3, 0.4) is 0 Å². The molecule has 3 aromatic rings. The molecular weight excluding hydrogens is 364 g/mol. The smallest absolute Gasteiger partial charge is 0.342 e. The van der Waals surface area contributed by atoms with E-state index in [4.69, 9.17) is 10.00 Å². The molecule has 0 aliphatic rings. The summed E-state index contributed by atoms with van der Waals surface area (Å²) < 4.78 is 5.34. The maximum atomic E-state index is 12.5. The Labute approximate surface area is 163 Å². The van der Waals surface area contributed by atoms with E-state index in [1.807, 2.05) is 19.1 Å². The Morgan fingerprint density at radius 3 is 2.52 bits per heavy atom. The summed E-state index contributed by atoms with van der Waals surface area (Å²) in [6.07, 6.45) is 1.24. The van der Waals surface area contributed by atoms with E-state index in [0.29, 0.717) is 22.5 Å². The summed E-state index contributed by atoms with van der Waals surface area (Å²) in [5.74, 6) is -0.453. The van der Waals surface area contributed by atoms with Crippen molar-refractivity contribution in [3.8, 4) is 6.07 Å². The van der Waals surface area contributed by atoms with Crippen LogP contribution in [0.25, 0.3) is 11.0 Å². The lowest BCUT2D eigenvalue weighted by Crippen LogP contribution is -2.14. The number of benzene rings is 1. The van der Waals surface area contributed by atoms with E-state index in [9.17, 15) is 4.79 Å². The summed E-state index contributed by atoms with van der Waals surface area (Å²) in [5.41, 5.74) is 3.61. The molecule has 7 heteroatoms. The molecule has 0 fully saturated rings. The van der Waals surface area contributed by atoms with Crippen LogP contribution in [-0.2, 0) is 4.74 Å². The molecule has 1 N–H and O–H groups in total. The minimum Gasteiger partial charge on any atom is -0.459 e. The average molecular weight is 383 g/mol. The lowest BCUT2D eigenvalue weighted by atomic mass is 10.1. The summed E-state index contributed by atoms with van der Waals surface area (Å²) in [5, 5.41) is 12.9. The maximum absolute atomic E-state index is 12.5. The third kappa shape index (κ3) is 4.52. The van der Waals surface area contributed by atoms with Gasteiger partial charge >= 0.3 is 5.97 Å². The van der Waals surface area contributed by atoms with Crippen molar-refractivity contribution in [2.45, 2.75) is 26.9 Å². The van der Waals surface area contributed by atoms with Crippen molar-refractivity contribution in [1.82, 2.24) is 9.97 Å². The van der Waals surface area contributed by atoms with Crippen LogP contribution in [0.15, 0.2) is 42.6 Å². The SMILES string of the molecule is Cc1ccc2c(Nc3ccc(C#N)cc3)c(C(=O)OC(C)C)cnc2n1.Cl. The van der Waals surface area contributed by atoms with Crippen LogP contribution in [-0.4, -0.2) is 22.0 Å². The second-order valence-electron chi connectivity index (χ2n) is 6.14. The number of esters is 1. The largest absolute Gasteiger partial charge is 0.459 e. The van der Waals surface area contributed by atoms with Crippen molar-refractivity contribution < 1.29 is 9.53 Å². The van der Waals surface area contributed by atoms with Gasteiger partial charge in [-0.3, -0.25) is 0 Å². The van der Waals surface area contributed by atoms with E-state index in [0.717, 1.165) is 16.8 Å². The summed E-state index contributed by atoms with van der Waals surface area (Å²) in [6.45, 7) is 5.48. The lowest BCUT2D eigenvalue weighted by molar-refractivity contribution is 0.0379. The fourth-order valence-corrected chi connectivity index (χ4v) is 2.51. The van der Waals surface area contributed by atoms with E-state index >= 15 is 0 Å². The van der Waals surface area contributed by atoms with E-state index in [-0.39, 0.29) is 18.5 Å². The molecule has 0 radical (unpaired) electrons. The van der Waals surface area contributed by atoms with Crippen molar-refractivity contribution in [3.05, 3.63) is 59.4 Å². The number of rotatable bonds is 4. The van der Waals surface area contributed by atoms with Crippen LogP contribution in [0.2, 0.25) is 0 Å². The Morgan fingerprint density at radius 2 is 1.89 bits per heavy atom. The predicted molar refractivity (Wildman–Crippen MR) is 107 cm³/mol. The van der Waals surface area contributed by atoms with Gasteiger partial charge in [0.15, 0.2) is 5.65 Å². The van der Waals surface area contributed by atoms with Crippen LogP contribution in [0, 0.1) is 18.3 Å². The molecule has 2 aromatic heterocycles. The van der Waals surface area contributed by atoms with Gasteiger partial charge < -0.3 is 10.1 Å². The standard InChI is InChI=1S/C20H18N4O2.ClH/c1-12(2)26-20(25)17-11-22-19-16(9-4-13(3)23-19)18(17)24-15-7-5-14(10-21)6-8-15;/h4-9,11-12H,1-3H3,(H,22,23,24);1H. The molecule has 1 aromatic carbocycles. The molecular formula is C20H19ClN4O2. The number of ether oxygens (including phenoxy) is 1. The van der Waals surface area contributed by atoms with Gasteiger partial charge in [-0.25, -0.2) is 14.8 Å². The highest BCUT2D eigenvalue weighted by atomic mass is 35.5. The number of halogens is 1. The first kappa shape index (κ1) is 20.1. The van der Waals surface area contributed by atoms with Crippen molar-refractivity contribution in [2.24, 2.45) is 0 Å². The molecule has 138 valence electrons. The van der Waals surface area contributed by atoms with Crippen molar-refractivity contribution in [2.75, 3.05) is 5.32 Å². The number of aryl methyl sites for hydroxylation is 1.